The van der Waals surface area contributed by atoms with Gasteiger partial charge in [-0.2, -0.15) is 0 Å². The molecule has 3 heterocycles. The van der Waals surface area contributed by atoms with Gasteiger partial charge in [-0.05, 0) is 43.4 Å². The number of nitrogens with zero attached hydrogens (tertiary/aromatic N) is 2. The number of ether oxygens (including phenoxy) is 1. The van der Waals surface area contributed by atoms with Crippen LogP contribution in [0.3, 0.4) is 0 Å². The van der Waals surface area contributed by atoms with Crippen molar-refractivity contribution in [3.8, 4) is 0 Å². The molecule has 2 aliphatic heterocycles. The van der Waals surface area contributed by atoms with Gasteiger partial charge in [-0.1, -0.05) is 0 Å². The Morgan fingerprint density at radius 2 is 2.00 bits per heavy atom. The van der Waals surface area contributed by atoms with Crippen LogP contribution in [-0.4, -0.2) is 36.3 Å². The minimum absolute atomic E-state index is 0.425. The molecule has 1 saturated carbocycles. The number of nitrogens with one attached hydrogen (secondary N) is 1. The second-order valence-electron chi connectivity index (χ2n) is 6.04. The van der Waals surface area contributed by atoms with Gasteiger partial charge in [0.25, 0.3) is 0 Å². The van der Waals surface area contributed by atoms with Gasteiger partial charge in [-0.3, -0.25) is 0 Å². The Labute approximate surface area is 114 Å². The molecule has 1 N–H and O–H groups in total. The van der Waals surface area contributed by atoms with Crippen LogP contribution in [0.15, 0.2) is 18.3 Å². The van der Waals surface area contributed by atoms with E-state index < -0.39 is 0 Å². The molecule has 19 heavy (non-hydrogen) atoms. The molecule has 102 valence electrons. The molecule has 0 spiro atoms. The highest BCUT2D eigenvalue weighted by Gasteiger charge is 2.34. The summed E-state index contributed by atoms with van der Waals surface area (Å²) in [6, 6.07) is 5.12. The summed E-state index contributed by atoms with van der Waals surface area (Å²) in [5.74, 6) is 1.12. The third-order valence-electron chi connectivity index (χ3n) is 4.35. The SMILES string of the molecule is c1cc(CNC2CC2)cc(N2CC3CCC(C2)O3)n1. The van der Waals surface area contributed by atoms with E-state index in [-0.39, 0.29) is 0 Å². The van der Waals surface area contributed by atoms with Gasteiger partial charge in [0, 0.05) is 31.9 Å². The van der Waals surface area contributed by atoms with Crippen molar-refractivity contribution in [2.45, 2.75) is 50.5 Å². The van der Waals surface area contributed by atoms with Crippen LogP contribution in [0.1, 0.15) is 31.2 Å². The van der Waals surface area contributed by atoms with Crippen molar-refractivity contribution in [1.82, 2.24) is 10.3 Å². The zero-order chi connectivity index (χ0) is 12.7. The molecule has 2 bridgehead atoms. The van der Waals surface area contributed by atoms with E-state index in [1.807, 2.05) is 6.20 Å². The quantitative estimate of drug-likeness (QED) is 0.893. The lowest BCUT2D eigenvalue weighted by Gasteiger charge is -2.33. The largest absolute Gasteiger partial charge is 0.371 e. The molecule has 2 unspecified atom stereocenters. The maximum Gasteiger partial charge on any atom is 0.128 e. The van der Waals surface area contributed by atoms with Gasteiger partial charge in [-0.15, -0.1) is 0 Å². The van der Waals surface area contributed by atoms with Gasteiger partial charge < -0.3 is 15.0 Å². The van der Waals surface area contributed by atoms with E-state index >= 15 is 0 Å². The van der Waals surface area contributed by atoms with Crippen molar-refractivity contribution in [1.29, 1.82) is 0 Å². The average molecular weight is 259 g/mol. The lowest BCUT2D eigenvalue weighted by atomic mass is 10.2. The van der Waals surface area contributed by atoms with E-state index in [2.05, 4.69) is 27.3 Å². The highest BCUT2D eigenvalue weighted by atomic mass is 16.5. The Morgan fingerprint density at radius 1 is 1.21 bits per heavy atom. The van der Waals surface area contributed by atoms with E-state index in [9.17, 15) is 0 Å². The first-order chi connectivity index (χ1) is 9.37. The smallest absolute Gasteiger partial charge is 0.128 e. The van der Waals surface area contributed by atoms with Crippen molar-refractivity contribution >= 4 is 5.82 Å². The Morgan fingerprint density at radius 3 is 2.74 bits per heavy atom. The first-order valence-electron chi connectivity index (χ1n) is 7.45. The highest BCUT2D eigenvalue weighted by molar-refractivity contribution is 5.42. The van der Waals surface area contributed by atoms with Crippen LogP contribution in [0.4, 0.5) is 5.82 Å². The fourth-order valence-electron chi connectivity index (χ4n) is 3.10. The molecule has 2 atom stereocenters. The molecule has 4 nitrogen and oxygen atoms in total. The van der Waals surface area contributed by atoms with Crippen LogP contribution in [-0.2, 0) is 11.3 Å². The molecule has 3 fully saturated rings. The molecule has 3 aliphatic rings. The van der Waals surface area contributed by atoms with E-state index in [1.54, 1.807) is 0 Å². The minimum atomic E-state index is 0.425. The molecule has 1 aliphatic carbocycles. The number of morpholine rings is 1. The van der Waals surface area contributed by atoms with Gasteiger partial charge in [0.15, 0.2) is 0 Å². The highest BCUT2D eigenvalue weighted by Crippen LogP contribution is 2.29. The minimum Gasteiger partial charge on any atom is -0.371 e. The molecule has 2 saturated heterocycles. The Hall–Kier alpha value is -1.13. The zero-order valence-corrected chi connectivity index (χ0v) is 11.2. The number of fused-ring (bicyclic) bond motifs is 2. The molecule has 1 aromatic rings. The zero-order valence-electron chi connectivity index (χ0n) is 11.2. The number of rotatable bonds is 4. The lowest BCUT2D eigenvalue weighted by molar-refractivity contribution is 0.0302. The van der Waals surface area contributed by atoms with Crippen LogP contribution in [0.2, 0.25) is 0 Å². The maximum absolute atomic E-state index is 5.88. The molecule has 4 rings (SSSR count). The molecular formula is C15H21N3O. The van der Waals surface area contributed by atoms with Gasteiger partial charge in [0.2, 0.25) is 0 Å². The van der Waals surface area contributed by atoms with E-state index in [0.717, 1.165) is 31.5 Å². The van der Waals surface area contributed by atoms with Crippen LogP contribution in [0, 0.1) is 0 Å². The topological polar surface area (TPSA) is 37.4 Å². The second-order valence-corrected chi connectivity index (χ2v) is 6.04. The van der Waals surface area contributed by atoms with Crippen LogP contribution in [0.25, 0.3) is 0 Å². The summed E-state index contributed by atoms with van der Waals surface area (Å²) in [6.07, 6.45) is 7.89. The maximum atomic E-state index is 5.88. The lowest BCUT2D eigenvalue weighted by Crippen LogP contribution is -2.43. The van der Waals surface area contributed by atoms with Gasteiger partial charge in [0.05, 0.1) is 12.2 Å². The number of anilines is 1. The Kier molecular flexibility index (Phi) is 2.93. The first-order valence-corrected chi connectivity index (χ1v) is 7.45. The summed E-state index contributed by atoms with van der Waals surface area (Å²) in [6.45, 7) is 2.98. The summed E-state index contributed by atoms with van der Waals surface area (Å²) in [5.41, 5.74) is 1.34. The first kappa shape index (κ1) is 11.7. The van der Waals surface area contributed by atoms with Crippen molar-refractivity contribution in [2.75, 3.05) is 18.0 Å². The van der Waals surface area contributed by atoms with E-state index in [1.165, 1.54) is 31.2 Å². The van der Waals surface area contributed by atoms with Crippen LogP contribution >= 0.6 is 0 Å². The summed E-state index contributed by atoms with van der Waals surface area (Å²) < 4.78 is 5.88. The third-order valence-corrected chi connectivity index (χ3v) is 4.35. The fraction of sp³-hybridized carbons (Fsp3) is 0.667. The number of hydrogen-bond donors (Lipinski definition) is 1. The second kappa shape index (κ2) is 4.76. The van der Waals surface area contributed by atoms with Crippen molar-refractivity contribution in [3.63, 3.8) is 0 Å². The summed E-state index contributed by atoms with van der Waals surface area (Å²) >= 11 is 0. The summed E-state index contributed by atoms with van der Waals surface area (Å²) in [4.78, 5) is 6.94. The van der Waals surface area contributed by atoms with Gasteiger partial charge >= 0.3 is 0 Å². The molecule has 0 aromatic carbocycles. The fourth-order valence-corrected chi connectivity index (χ4v) is 3.10. The average Bonchev–Trinajstić information content (AvgIpc) is 3.22. The van der Waals surface area contributed by atoms with E-state index in [0.29, 0.717) is 12.2 Å². The van der Waals surface area contributed by atoms with Gasteiger partial charge in [0.1, 0.15) is 5.82 Å². The third kappa shape index (κ3) is 2.60. The molecule has 0 radical (unpaired) electrons. The van der Waals surface area contributed by atoms with E-state index in [4.69, 9.17) is 4.74 Å². The Balaban J connectivity index is 1.46. The predicted molar refractivity (Wildman–Crippen MR) is 74.2 cm³/mol. The van der Waals surface area contributed by atoms with Crippen molar-refractivity contribution in [3.05, 3.63) is 23.9 Å². The van der Waals surface area contributed by atoms with Crippen molar-refractivity contribution < 1.29 is 4.74 Å². The summed E-state index contributed by atoms with van der Waals surface area (Å²) in [7, 11) is 0. The van der Waals surface area contributed by atoms with Crippen LogP contribution < -0.4 is 10.2 Å². The van der Waals surface area contributed by atoms with Crippen molar-refractivity contribution in [2.24, 2.45) is 0 Å². The molecule has 1 aromatic heterocycles. The normalized spacial score (nSPS) is 29.8. The molecule has 0 amide bonds. The summed E-state index contributed by atoms with van der Waals surface area (Å²) in [5, 5.41) is 3.56. The Bertz CT molecular complexity index is 448. The number of hydrogen-bond acceptors (Lipinski definition) is 4. The van der Waals surface area contributed by atoms with Crippen LogP contribution in [0.5, 0.6) is 0 Å². The monoisotopic (exact) mass is 259 g/mol. The standard InChI is InChI=1S/C15H21N3O/c1-2-12(1)17-8-11-5-6-16-15(7-11)18-9-13-3-4-14(10-18)19-13/h5-7,12-14,17H,1-4,8-10H2. The van der Waals surface area contributed by atoms with Gasteiger partial charge in [-0.25, -0.2) is 4.98 Å². The number of aromatic nitrogens is 1. The molecule has 4 heteroatoms. The molecular weight excluding hydrogens is 238 g/mol. The predicted octanol–water partition coefficient (Wildman–Crippen LogP) is 1.70. The number of pyridine rings is 1.